The number of halogens is 1. The van der Waals surface area contributed by atoms with Crippen LogP contribution in [0.3, 0.4) is 0 Å². The number of hydrogen-bond acceptors (Lipinski definition) is 7. The van der Waals surface area contributed by atoms with Crippen LogP contribution in [-0.2, 0) is 14.6 Å². The average molecular weight is 526 g/mol. The quantitative estimate of drug-likeness (QED) is 0.473. The highest BCUT2D eigenvalue weighted by Gasteiger charge is 2.28. The maximum atomic E-state index is 13.7. The Morgan fingerprint density at radius 2 is 1.59 bits per heavy atom. The summed E-state index contributed by atoms with van der Waals surface area (Å²) in [5, 5.41) is 0. The normalized spacial score (nSPS) is 13.9. The van der Waals surface area contributed by atoms with Gasteiger partial charge < -0.3 is 21.3 Å². The number of benzene rings is 3. The molecule has 0 aliphatic carbocycles. The Hall–Kier alpha value is -4.12. The third kappa shape index (κ3) is 5.83. The Balaban J connectivity index is 1.50. The molecule has 4 rings (SSSR count). The van der Waals surface area contributed by atoms with Crippen LogP contribution in [0.25, 0.3) is 0 Å². The Morgan fingerprint density at radius 3 is 2.22 bits per heavy atom. The number of carbonyl (C=O) groups excluding carboxylic acids is 2. The number of nitrogens with two attached hydrogens (primary N) is 2. The standard InChI is InChI=1S/C26H28FN5O4S/c1-37(35,36)24-16-19(27)8-10-23(24)30-11-13-31(14-12-30)25(33)17-32(20-5-3-2-4-6-20)26(34)18-7-9-21(28)22(29)15-18/h2-10,15-16H,11-14,17,28-29H2,1H3. The number of amides is 2. The number of para-hydroxylation sites is 1. The van der Waals surface area contributed by atoms with Gasteiger partial charge in [0.15, 0.2) is 9.84 Å². The Labute approximate surface area is 215 Å². The summed E-state index contributed by atoms with van der Waals surface area (Å²) in [6.45, 7) is 1.13. The molecule has 3 aromatic carbocycles. The molecular formula is C26H28FN5O4S. The van der Waals surface area contributed by atoms with Gasteiger partial charge in [0.1, 0.15) is 12.4 Å². The van der Waals surface area contributed by atoms with Gasteiger partial charge in [-0.3, -0.25) is 14.5 Å². The van der Waals surface area contributed by atoms with Gasteiger partial charge >= 0.3 is 0 Å². The number of carbonyl (C=O) groups is 2. The predicted octanol–water partition coefficient (Wildman–Crippen LogP) is 2.39. The van der Waals surface area contributed by atoms with Crippen molar-refractivity contribution in [1.82, 2.24) is 4.90 Å². The van der Waals surface area contributed by atoms with E-state index in [0.717, 1.165) is 12.3 Å². The molecule has 0 spiro atoms. The van der Waals surface area contributed by atoms with Crippen molar-refractivity contribution in [3.05, 3.63) is 78.1 Å². The first kappa shape index (κ1) is 26.0. The van der Waals surface area contributed by atoms with Gasteiger partial charge in [0, 0.05) is 43.7 Å². The van der Waals surface area contributed by atoms with Crippen molar-refractivity contribution in [1.29, 1.82) is 0 Å². The molecule has 1 fully saturated rings. The van der Waals surface area contributed by atoms with Crippen LogP contribution in [0, 0.1) is 5.82 Å². The van der Waals surface area contributed by atoms with E-state index in [4.69, 9.17) is 11.5 Å². The summed E-state index contributed by atoms with van der Waals surface area (Å²) in [7, 11) is -3.65. The first-order chi connectivity index (χ1) is 17.5. The number of nitrogens with zero attached hydrogens (tertiary/aromatic N) is 3. The van der Waals surface area contributed by atoms with Crippen molar-refractivity contribution in [2.75, 3.05) is 60.2 Å². The molecule has 37 heavy (non-hydrogen) atoms. The van der Waals surface area contributed by atoms with Gasteiger partial charge in [-0.2, -0.15) is 0 Å². The summed E-state index contributed by atoms with van der Waals surface area (Å²) in [5.74, 6) is -1.29. The zero-order chi connectivity index (χ0) is 26.7. The second-order valence-corrected chi connectivity index (χ2v) is 10.8. The van der Waals surface area contributed by atoms with E-state index in [1.807, 2.05) is 11.0 Å². The molecule has 1 saturated heterocycles. The van der Waals surface area contributed by atoms with Crippen molar-refractivity contribution in [3.63, 3.8) is 0 Å². The van der Waals surface area contributed by atoms with Crippen LogP contribution < -0.4 is 21.3 Å². The summed E-state index contributed by atoms with van der Waals surface area (Å²) in [4.78, 5) is 31.4. The minimum Gasteiger partial charge on any atom is -0.397 e. The Bertz CT molecular complexity index is 1420. The van der Waals surface area contributed by atoms with E-state index in [1.165, 1.54) is 23.1 Å². The SMILES string of the molecule is CS(=O)(=O)c1cc(F)ccc1N1CCN(C(=O)CN(C(=O)c2ccc(N)c(N)c2)c2ccccc2)CC1. The van der Waals surface area contributed by atoms with E-state index >= 15 is 0 Å². The molecular weight excluding hydrogens is 497 g/mol. The van der Waals surface area contributed by atoms with Crippen molar-refractivity contribution in [2.24, 2.45) is 0 Å². The van der Waals surface area contributed by atoms with Crippen LogP contribution >= 0.6 is 0 Å². The minimum absolute atomic E-state index is 0.0871. The highest BCUT2D eigenvalue weighted by molar-refractivity contribution is 7.90. The fraction of sp³-hybridized carbons (Fsp3) is 0.231. The second kappa shape index (κ2) is 10.5. The maximum absolute atomic E-state index is 13.7. The van der Waals surface area contributed by atoms with Crippen LogP contribution in [0.15, 0.2) is 71.6 Å². The van der Waals surface area contributed by atoms with E-state index in [9.17, 15) is 22.4 Å². The minimum atomic E-state index is -3.65. The lowest BCUT2D eigenvalue weighted by molar-refractivity contribution is -0.129. The molecule has 0 radical (unpaired) electrons. The van der Waals surface area contributed by atoms with Crippen LogP contribution in [0.1, 0.15) is 10.4 Å². The molecule has 11 heteroatoms. The topological polar surface area (TPSA) is 130 Å². The molecule has 9 nitrogen and oxygen atoms in total. The zero-order valence-electron chi connectivity index (χ0n) is 20.3. The Morgan fingerprint density at radius 1 is 0.919 bits per heavy atom. The first-order valence-corrected chi connectivity index (χ1v) is 13.5. The molecule has 0 atom stereocenters. The van der Waals surface area contributed by atoms with Gasteiger partial charge in [0.05, 0.1) is 22.0 Å². The smallest absolute Gasteiger partial charge is 0.258 e. The van der Waals surface area contributed by atoms with Gasteiger partial charge in [-0.15, -0.1) is 0 Å². The fourth-order valence-electron chi connectivity index (χ4n) is 4.23. The van der Waals surface area contributed by atoms with Gasteiger partial charge in [-0.25, -0.2) is 12.8 Å². The molecule has 0 unspecified atom stereocenters. The molecule has 1 heterocycles. The van der Waals surface area contributed by atoms with Crippen molar-refractivity contribution in [3.8, 4) is 0 Å². The summed E-state index contributed by atoms with van der Waals surface area (Å²) in [6, 6.07) is 17.1. The van der Waals surface area contributed by atoms with Gasteiger partial charge in [-0.05, 0) is 48.5 Å². The van der Waals surface area contributed by atoms with E-state index in [1.54, 1.807) is 41.3 Å². The van der Waals surface area contributed by atoms with Crippen LogP contribution in [0.2, 0.25) is 0 Å². The lowest BCUT2D eigenvalue weighted by atomic mass is 10.1. The maximum Gasteiger partial charge on any atom is 0.258 e. The van der Waals surface area contributed by atoms with Gasteiger partial charge in [0.2, 0.25) is 5.91 Å². The molecule has 0 bridgehead atoms. The monoisotopic (exact) mass is 525 g/mol. The summed E-state index contributed by atoms with van der Waals surface area (Å²) in [6.07, 6.45) is 1.04. The van der Waals surface area contributed by atoms with Crippen LogP contribution in [0.5, 0.6) is 0 Å². The van der Waals surface area contributed by atoms with Crippen molar-refractivity contribution >= 4 is 44.4 Å². The van der Waals surface area contributed by atoms with E-state index in [-0.39, 0.29) is 23.0 Å². The van der Waals surface area contributed by atoms with E-state index in [0.29, 0.717) is 48.8 Å². The predicted molar refractivity (Wildman–Crippen MR) is 142 cm³/mol. The summed E-state index contributed by atoms with van der Waals surface area (Å²) < 4.78 is 38.1. The highest BCUT2D eigenvalue weighted by atomic mass is 32.2. The fourth-order valence-corrected chi connectivity index (χ4v) is 5.13. The molecule has 0 aromatic heterocycles. The number of sulfone groups is 1. The van der Waals surface area contributed by atoms with Crippen molar-refractivity contribution in [2.45, 2.75) is 4.90 Å². The molecule has 3 aromatic rings. The molecule has 0 saturated carbocycles. The van der Waals surface area contributed by atoms with Crippen LogP contribution in [-0.4, -0.2) is 64.1 Å². The Kier molecular flexibility index (Phi) is 7.35. The van der Waals surface area contributed by atoms with Gasteiger partial charge in [0.25, 0.3) is 5.91 Å². The van der Waals surface area contributed by atoms with E-state index in [2.05, 4.69) is 0 Å². The molecule has 2 amide bonds. The lowest BCUT2D eigenvalue weighted by Crippen LogP contribution is -2.52. The summed E-state index contributed by atoms with van der Waals surface area (Å²) in [5.41, 5.74) is 13.6. The largest absolute Gasteiger partial charge is 0.397 e. The number of rotatable bonds is 6. The number of nitrogen functional groups attached to an aromatic ring is 2. The van der Waals surface area contributed by atoms with Gasteiger partial charge in [-0.1, -0.05) is 18.2 Å². The third-order valence-electron chi connectivity index (χ3n) is 6.23. The average Bonchev–Trinajstić information content (AvgIpc) is 2.88. The second-order valence-electron chi connectivity index (χ2n) is 8.82. The van der Waals surface area contributed by atoms with Crippen molar-refractivity contribution < 1.29 is 22.4 Å². The number of anilines is 4. The van der Waals surface area contributed by atoms with E-state index < -0.39 is 21.6 Å². The molecule has 194 valence electrons. The summed E-state index contributed by atoms with van der Waals surface area (Å²) >= 11 is 0. The lowest BCUT2D eigenvalue weighted by Gasteiger charge is -2.37. The van der Waals surface area contributed by atoms with Crippen LogP contribution in [0.4, 0.5) is 27.1 Å². The molecule has 1 aliphatic heterocycles. The highest BCUT2D eigenvalue weighted by Crippen LogP contribution is 2.27. The number of piperazine rings is 1. The third-order valence-corrected chi connectivity index (χ3v) is 7.36. The molecule has 1 aliphatic rings. The zero-order valence-corrected chi connectivity index (χ0v) is 21.1. The molecule has 4 N–H and O–H groups in total. The first-order valence-electron chi connectivity index (χ1n) is 11.6. The number of hydrogen-bond donors (Lipinski definition) is 2.